The standard InChI is InChI=1S/C13H13Cl2N5O6S/c1-25-12(24)8-6(10(22)18-8)17-11(23)7(20-26-2)5-9(15)27-13(19-5)16-4(21)3-14/h6,8H,3H2,1-2H3,(H,17,23)(H,18,22)(H,16,19,21)/t6-,8-/m0/s1. The van der Waals surface area contributed by atoms with Crippen LogP contribution in [0.2, 0.25) is 4.34 Å². The molecule has 2 atom stereocenters. The molecule has 1 aromatic heterocycles. The summed E-state index contributed by atoms with van der Waals surface area (Å²) in [6, 6.07) is -2.18. The monoisotopic (exact) mass is 437 g/mol. The number of thiazole rings is 1. The molecule has 2 heterocycles. The number of carbonyl (C=O) groups excluding carboxylic acids is 4. The first-order valence-electron chi connectivity index (χ1n) is 7.15. The number of amides is 3. The molecule has 1 saturated heterocycles. The fourth-order valence-electron chi connectivity index (χ4n) is 2.00. The summed E-state index contributed by atoms with van der Waals surface area (Å²) in [6.45, 7) is 0. The molecular formula is C13H13Cl2N5O6S. The third-order valence-corrected chi connectivity index (χ3v) is 4.64. The van der Waals surface area contributed by atoms with E-state index >= 15 is 0 Å². The van der Waals surface area contributed by atoms with Gasteiger partial charge in [-0.1, -0.05) is 28.1 Å². The minimum atomic E-state index is -1.15. The van der Waals surface area contributed by atoms with Gasteiger partial charge in [0.05, 0.1) is 7.11 Å². The Balaban J connectivity index is 2.21. The lowest BCUT2D eigenvalue weighted by molar-refractivity contribution is -0.153. The van der Waals surface area contributed by atoms with Gasteiger partial charge in [0.15, 0.2) is 16.9 Å². The number of carbonyl (C=O) groups is 4. The SMILES string of the molecule is CON=C(C(=O)N[C@@H]1C(=O)N[C@@H]1C(=O)OC)c1nc(NC(=O)CCl)sc1Cl. The van der Waals surface area contributed by atoms with E-state index in [9.17, 15) is 19.2 Å². The summed E-state index contributed by atoms with van der Waals surface area (Å²) in [5.74, 6) is -2.97. The zero-order chi connectivity index (χ0) is 20.1. The number of halogens is 2. The van der Waals surface area contributed by atoms with Crippen LogP contribution < -0.4 is 16.0 Å². The molecule has 27 heavy (non-hydrogen) atoms. The number of esters is 1. The minimum Gasteiger partial charge on any atom is -0.467 e. The highest BCUT2D eigenvalue weighted by Crippen LogP contribution is 2.29. The number of ether oxygens (including phenoxy) is 1. The van der Waals surface area contributed by atoms with E-state index in [1.165, 1.54) is 7.11 Å². The van der Waals surface area contributed by atoms with E-state index in [-0.39, 0.29) is 26.8 Å². The molecule has 0 aliphatic carbocycles. The van der Waals surface area contributed by atoms with Crippen LogP contribution in [0.4, 0.5) is 5.13 Å². The van der Waals surface area contributed by atoms with Crippen LogP contribution in [0.1, 0.15) is 5.69 Å². The van der Waals surface area contributed by atoms with Gasteiger partial charge in [-0.15, -0.1) is 11.6 Å². The smallest absolute Gasteiger partial charge is 0.331 e. The normalized spacial score (nSPS) is 18.8. The Morgan fingerprint density at radius 3 is 2.63 bits per heavy atom. The van der Waals surface area contributed by atoms with Crippen molar-refractivity contribution in [2.45, 2.75) is 12.1 Å². The van der Waals surface area contributed by atoms with Crippen molar-refractivity contribution in [3.8, 4) is 0 Å². The second-order valence-corrected chi connectivity index (χ2v) is 6.77. The van der Waals surface area contributed by atoms with Gasteiger partial charge < -0.3 is 25.5 Å². The van der Waals surface area contributed by atoms with E-state index in [2.05, 4.69) is 35.7 Å². The van der Waals surface area contributed by atoms with Crippen LogP contribution in [-0.4, -0.2) is 66.6 Å². The van der Waals surface area contributed by atoms with Crippen LogP contribution in [0, 0.1) is 0 Å². The molecule has 3 N–H and O–H groups in total. The lowest BCUT2D eigenvalue weighted by Crippen LogP contribution is -2.72. The Labute approximate surface area is 166 Å². The van der Waals surface area contributed by atoms with Crippen molar-refractivity contribution in [2.24, 2.45) is 5.16 Å². The third-order valence-electron chi connectivity index (χ3n) is 3.23. The van der Waals surface area contributed by atoms with Crippen LogP contribution >= 0.6 is 34.5 Å². The molecule has 11 nitrogen and oxygen atoms in total. The third kappa shape index (κ3) is 4.64. The van der Waals surface area contributed by atoms with Gasteiger partial charge in [-0.25, -0.2) is 9.78 Å². The van der Waals surface area contributed by atoms with Crippen LogP contribution in [0.25, 0.3) is 0 Å². The molecule has 1 fully saturated rings. The van der Waals surface area contributed by atoms with Crippen molar-refractivity contribution < 1.29 is 28.8 Å². The average molecular weight is 438 g/mol. The molecule has 0 radical (unpaired) electrons. The van der Waals surface area contributed by atoms with Gasteiger partial charge in [0, 0.05) is 0 Å². The molecule has 1 aromatic rings. The second kappa shape index (κ2) is 8.97. The predicted molar refractivity (Wildman–Crippen MR) is 95.9 cm³/mol. The number of aromatic nitrogens is 1. The molecule has 0 spiro atoms. The van der Waals surface area contributed by atoms with E-state index in [1.807, 2.05) is 0 Å². The highest BCUT2D eigenvalue weighted by atomic mass is 35.5. The predicted octanol–water partition coefficient (Wildman–Crippen LogP) is -0.519. The average Bonchev–Trinajstić information content (AvgIpc) is 3.00. The Kier molecular flexibility index (Phi) is 6.93. The van der Waals surface area contributed by atoms with Crippen LogP contribution in [0.15, 0.2) is 5.16 Å². The number of alkyl halides is 1. The molecule has 0 unspecified atom stereocenters. The van der Waals surface area contributed by atoms with Gasteiger partial charge >= 0.3 is 5.97 Å². The highest BCUT2D eigenvalue weighted by Gasteiger charge is 2.46. The van der Waals surface area contributed by atoms with Crippen molar-refractivity contribution in [1.29, 1.82) is 0 Å². The Hall–Kier alpha value is -2.44. The number of rotatable bonds is 7. The minimum absolute atomic E-state index is 0.0356. The number of anilines is 1. The maximum Gasteiger partial charge on any atom is 0.331 e. The van der Waals surface area contributed by atoms with E-state index < -0.39 is 35.8 Å². The number of β-lactam (4-membered cyclic amide) rings is 1. The number of oxime groups is 1. The second-order valence-electron chi connectivity index (χ2n) is 4.91. The van der Waals surface area contributed by atoms with Gasteiger partial charge in [-0.2, -0.15) is 0 Å². The van der Waals surface area contributed by atoms with Crippen molar-refractivity contribution >= 4 is 69.1 Å². The zero-order valence-electron chi connectivity index (χ0n) is 13.9. The fourth-order valence-corrected chi connectivity index (χ4v) is 3.13. The van der Waals surface area contributed by atoms with Crippen molar-refractivity contribution in [3.05, 3.63) is 10.0 Å². The first kappa shape index (κ1) is 20.9. The van der Waals surface area contributed by atoms with E-state index in [4.69, 9.17) is 23.2 Å². The summed E-state index contributed by atoms with van der Waals surface area (Å²) in [6.07, 6.45) is 0. The number of hydrogen-bond donors (Lipinski definition) is 3. The molecule has 1 aliphatic heterocycles. The lowest BCUT2D eigenvalue weighted by Gasteiger charge is -2.34. The van der Waals surface area contributed by atoms with E-state index in [1.54, 1.807) is 0 Å². The molecule has 0 bridgehead atoms. The molecule has 1 aliphatic rings. The molecular weight excluding hydrogens is 425 g/mol. The Morgan fingerprint density at radius 2 is 2.07 bits per heavy atom. The Bertz CT molecular complexity index is 813. The largest absolute Gasteiger partial charge is 0.467 e. The molecule has 146 valence electrons. The summed E-state index contributed by atoms with van der Waals surface area (Å²) in [5.41, 5.74) is -0.436. The first-order chi connectivity index (χ1) is 12.8. The lowest BCUT2D eigenvalue weighted by atomic mass is 9.99. The summed E-state index contributed by atoms with van der Waals surface area (Å²) >= 11 is 12.3. The zero-order valence-corrected chi connectivity index (χ0v) is 16.2. The maximum absolute atomic E-state index is 12.5. The highest BCUT2D eigenvalue weighted by molar-refractivity contribution is 7.20. The molecule has 0 aromatic carbocycles. The summed E-state index contributed by atoms with van der Waals surface area (Å²) in [5, 5.41) is 10.7. The molecule has 3 amide bonds. The summed E-state index contributed by atoms with van der Waals surface area (Å²) in [7, 11) is 2.34. The van der Waals surface area contributed by atoms with Gasteiger partial charge in [-0.3, -0.25) is 14.4 Å². The van der Waals surface area contributed by atoms with E-state index in [0.717, 1.165) is 18.4 Å². The maximum atomic E-state index is 12.5. The summed E-state index contributed by atoms with van der Waals surface area (Å²) in [4.78, 5) is 55.7. The van der Waals surface area contributed by atoms with Crippen molar-refractivity contribution in [1.82, 2.24) is 15.6 Å². The molecule has 0 saturated carbocycles. The van der Waals surface area contributed by atoms with Crippen molar-refractivity contribution in [3.63, 3.8) is 0 Å². The quantitative estimate of drug-likeness (QED) is 0.171. The number of nitrogens with one attached hydrogen (secondary N) is 3. The first-order valence-corrected chi connectivity index (χ1v) is 8.88. The van der Waals surface area contributed by atoms with Gasteiger partial charge in [0.1, 0.15) is 29.1 Å². The van der Waals surface area contributed by atoms with Crippen LogP contribution in [0.3, 0.4) is 0 Å². The molecule has 14 heteroatoms. The van der Waals surface area contributed by atoms with Gasteiger partial charge in [0.2, 0.25) is 11.8 Å². The number of nitrogens with zero attached hydrogens (tertiary/aromatic N) is 2. The summed E-state index contributed by atoms with van der Waals surface area (Å²) < 4.78 is 4.57. The van der Waals surface area contributed by atoms with Gasteiger partial charge in [0.25, 0.3) is 5.91 Å². The fraction of sp³-hybridized carbons (Fsp3) is 0.385. The van der Waals surface area contributed by atoms with E-state index in [0.29, 0.717) is 0 Å². The van der Waals surface area contributed by atoms with Crippen LogP contribution in [0.5, 0.6) is 0 Å². The van der Waals surface area contributed by atoms with Crippen molar-refractivity contribution in [2.75, 3.05) is 25.4 Å². The molecule has 2 rings (SSSR count). The van der Waals surface area contributed by atoms with Gasteiger partial charge in [-0.05, 0) is 0 Å². The Morgan fingerprint density at radius 1 is 1.37 bits per heavy atom. The number of hydrogen-bond acceptors (Lipinski definition) is 9. The number of methoxy groups -OCH3 is 1. The van der Waals surface area contributed by atoms with Crippen LogP contribution in [-0.2, 0) is 28.8 Å². The topological polar surface area (TPSA) is 148 Å².